The number of nitrogens with zero attached hydrogens (tertiary/aromatic N) is 2. The van der Waals surface area contributed by atoms with E-state index in [0.717, 1.165) is 16.8 Å². The summed E-state index contributed by atoms with van der Waals surface area (Å²) in [5.41, 5.74) is 4.02. The maximum Gasteiger partial charge on any atom is 0.337 e. The van der Waals surface area contributed by atoms with Crippen molar-refractivity contribution >= 4 is 29.1 Å². The number of nitrogens with one attached hydrogen (secondary N) is 2. The summed E-state index contributed by atoms with van der Waals surface area (Å²) in [4.78, 5) is 33.1. The summed E-state index contributed by atoms with van der Waals surface area (Å²) in [6, 6.07) is 14.2. The number of anilines is 3. The normalized spacial score (nSPS) is 10.3. The lowest BCUT2D eigenvalue weighted by Gasteiger charge is -2.12. The third-order valence-corrected chi connectivity index (χ3v) is 4.35. The maximum absolute atomic E-state index is 12.8. The van der Waals surface area contributed by atoms with Crippen LogP contribution in [-0.2, 0) is 4.74 Å². The topological polar surface area (TPSA) is 93.2 Å². The van der Waals surface area contributed by atoms with Gasteiger partial charge in [-0.3, -0.25) is 4.79 Å². The minimum Gasteiger partial charge on any atom is -0.465 e. The third-order valence-electron chi connectivity index (χ3n) is 4.35. The number of aromatic nitrogens is 2. The van der Waals surface area contributed by atoms with Crippen molar-refractivity contribution in [2.24, 2.45) is 0 Å². The van der Waals surface area contributed by atoms with E-state index in [-0.39, 0.29) is 11.6 Å². The molecule has 0 saturated heterocycles. The Morgan fingerprint density at radius 2 is 1.62 bits per heavy atom. The fourth-order valence-corrected chi connectivity index (χ4v) is 2.93. The van der Waals surface area contributed by atoms with Crippen molar-refractivity contribution in [2.75, 3.05) is 17.7 Å². The van der Waals surface area contributed by atoms with Gasteiger partial charge in [-0.05, 0) is 50.1 Å². The highest BCUT2D eigenvalue weighted by molar-refractivity contribution is 6.04. The van der Waals surface area contributed by atoms with Crippen LogP contribution in [-0.4, -0.2) is 29.0 Å². The molecule has 0 unspecified atom stereocenters. The van der Waals surface area contributed by atoms with E-state index in [0.29, 0.717) is 22.9 Å². The molecule has 0 aliphatic rings. The van der Waals surface area contributed by atoms with Crippen molar-refractivity contribution in [3.05, 3.63) is 76.7 Å². The summed E-state index contributed by atoms with van der Waals surface area (Å²) in [7, 11) is 1.33. The van der Waals surface area contributed by atoms with Gasteiger partial charge in [0.2, 0.25) is 0 Å². The number of esters is 1. The Morgan fingerprint density at radius 3 is 2.31 bits per heavy atom. The molecule has 7 heteroatoms. The highest BCUT2D eigenvalue weighted by Gasteiger charge is 2.14. The van der Waals surface area contributed by atoms with Crippen molar-refractivity contribution in [3.8, 4) is 0 Å². The third kappa shape index (κ3) is 4.76. The van der Waals surface area contributed by atoms with Gasteiger partial charge in [0, 0.05) is 17.4 Å². The van der Waals surface area contributed by atoms with E-state index < -0.39 is 5.97 Å². The molecule has 29 heavy (non-hydrogen) atoms. The second-order valence-electron chi connectivity index (χ2n) is 6.60. The predicted molar refractivity (Wildman–Crippen MR) is 112 cm³/mol. The molecule has 1 heterocycles. The number of aryl methyl sites for hydroxylation is 3. The SMILES string of the molecule is COC(=O)c1cccc(Nc2cc(C(=O)Nc3c(C)cccc3C)nc(C)n2)c1. The number of methoxy groups -OCH3 is 1. The second-order valence-corrected chi connectivity index (χ2v) is 6.60. The van der Waals surface area contributed by atoms with Gasteiger partial charge in [0.1, 0.15) is 17.3 Å². The number of rotatable bonds is 5. The number of amides is 1. The zero-order valence-electron chi connectivity index (χ0n) is 16.7. The first-order valence-corrected chi connectivity index (χ1v) is 9.06. The number of carbonyl (C=O) groups is 2. The Morgan fingerprint density at radius 1 is 0.931 bits per heavy atom. The molecule has 0 aliphatic heterocycles. The van der Waals surface area contributed by atoms with E-state index in [1.165, 1.54) is 7.11 Å². The molecule has 2 aromatic carbocycles. The van der Waals surface area contributed by atoms with Crippen molar-refractivity contribution < 1.29 is 14.3 Å². The number of benzene rings is 2. The molecule has 0 radical (unpaired) electrons. The number of hydrogen-bond acceptors (Lipinski definition) is 6. The number of ether oxygens (including phenoxy) is 1. The van der Waals surface area contributed by atoms with Crippen LogP contribution in [0.2, 0.25) is 0 Å². The molecule has 148 valence electrons. The molecule has 3 aromatic rings. The fraction of sp³-hybridized carbons (Fsp3) is 0.182. The monoisotopic (exact) mass is 390 g/mol. The Labute approximate surface area is 169 Å². The van der Waals surface area contributed by atoms with Gasteiger partial charge in [0.25, 0.3) is 5.91 Å². The van der Waals surface area contributed by atoms with E-state index in [2.05, 4.69) is 20.6 Å². The van der Waals surface area contributed by atoms with Crippen LogP contribution >= 0.6 is 0 Å². The number of para-hydroxylation sites is 1. The standard InChI is InChI=1S/C22H22N4O3/c1-13-7-5-8-14(2)20(13)26-21(27)18-12-19(24-15(3)23-18)25-17-10-6-9-16(11-17)22(28)29-4/h5-12H,1-4H3,(H,26,27)(H,23,24,25). The van der Waals surface area contributed by atoms with Crippen LogP contribution in [0.3, 0.4) is 0 Å². The van der Waals surface area contributed by atoms with Crippen LogP contribution < -0.4 is 10.6 Å². The van der Waals surface area contributed by atoms with Crippen molar-refractivity contribution in [3.63, 3.8) is 0 Å². The summed E-state index contributed by atoms with van der Waals surface area (Å²) in [5.74, 6) is 0.150. The number of carbonyl (C=O) groups excluding carboxylic acids is 2. The van der Waals surface area contributed by atoms with Crippen molar-refractivity contribution in [2.45, 2.75) is 20.8 Å². The molecule has 0 aliphatic carbocycles. The fourth-order valence-electron chi connectivity index (χ4n) is 2.93. The van der Waals surface area contributed by atoms with Gasteiger partial charge in [0.05, 0.1) is 12.7 Å². The van der Waals surface area contributed by atoms with E-state index in [4.69, 9.17) is 4.74 Å². The van der Waals surface area contributed by atoms with Gasteiger partial charge in [0.15, 0.2) is 0 Å². The molecule has 0 saturated carbocycles. The highest BCUT2D eigenvalue weighted by Crippen LogP contribution is 2.21. The Kier molecular flexibility index (Phi) is 5.87. The predicted octanol–water partition coefficient (Wildman–Crippen LogP) is 4.18. The molecule has 1 aromatic heterocycles. The molecule has 0 spiro atoms. The summed E-state index contributed by atoms with van der Waals surface area (Å²) in [6.45, 7) is 5.59. The quantitative estimate of drug-likeness (QED) is 0.635. The van der Waals surface area contributed by atoms with Crippen LogP contribution in [0.15, 0.2) is 48.5 Å². The molecular formula is C22H22N4O3. The zero-order valence-corrected chi connectivity index (χ0v) is 16.7. The van der Waals surface area contributed by atoms with Crippen LogP contribution in [0.25, 0.3) is 0 Å². The summed E-state index contributed by atoms with van der Waals surface area (Å²) < 4.78 is 4.74. The molecule has 0 fully saturated rings. The Hall–Kier alpha value is -3.74. The smallest absolute Gasteiger partial charge is 0.337 e. The van der Waals surface area contributed by atoms with E-state index >= 15 is 0 Å². The molecule has 0 atom stereocenters. The average molecular weight is 390 g/mol. The molecule has 0 bridgehead atoms. The lowest BCUT2D eigenvalue weighted by atomic mass is 10.1. The van der Waals surface area contributed by atoms with E-state index in [1.54, 1.807) is 37.3 Å². The first-order valence-electron chi connectivity index (χ1n) is 9.06. The van der Waals surface area contributed by atoms with E-state index in [1.807, 2.05) is 32.0 Å². The minimum absolute atomic E-state index is 0.242. The molecule has 3 rings (SSSR count). The highest BCUT2D eigenvalue weighted by atomic mass is 16.5. The van der Waals surface area contributed by atoms with Gasteiger partial charge in [-0.25, -0.2) is 14.8 Å². The summed E-state index contributed by atoms with van der Waals surface area (Å²) >= 11 is 0. The second kappa shape index (κ2) is 8.52. The van der Waals surface area contributed by atoms with Crippen molar-refractivity contribution in [1.82, 2.24) is 9.97 Å². The van der Waals surface area contributed by atoms with E-state index in [9.17, 15) is 9.59 Å². The van der Waals surface area contributed by atoms with Gasteiger partial charge >= 0.3 is 5.97 Å². The Bertz CT molecular complexity index is 1060. The lowest BCUT2D eigenvalue weighted by Crippen LogP contribution is -2.16. The van der Waals surface area contributed by atoms with Crippen LogP contribution in [0, 0.1) is 20.8 Å². The van der Waals surface area contributed by atoms with Gasteiger partial charge in [-0.1, -0.05) is 24.3 Å². The first-order chi connectivity index (χ1) is 13.9. The van der Waals surface area contributed by atoms with Gasteiger partial charge in [-0.15, -0.1) is 0 Å². The lowest BCUT2D eigenvalue weighted by molar-refractivity contribution is 0.0600. The summed E-state index contributed by atoms with van der Waals surface area (Å²) in [5, 5.41) is 6.03. The maximum atomic E-state index is 12.8. The molecule has 2 N–H and O–H groups in total. The largest absolute Gasteiger partial charge is 0.465 e. The van der Waals surface area contributed by atoms with Crippen LogP contribution in [0.1, 0.15) is 37.8 Å². The zero-order chi connectivity index (χ0) is 21.0. The number of hydrogen-bond donors (Lipinski definition) is 2. The van der Waals surface area contributed by atoms with Crippen molar-refractivity contribution in [1.29, 1.82) is 0 Å². The molecule has 7 nitrogen and oxygen atoms in total. The first kappa shape index (κ1) is 20.0. The van der Waals surface area contributed by atoms with Gasteiger partial charge in [-0.2, -0.15) is 0 Å². The molecular weight excluding hydrogens is 368 g/mol. The van der Waals surface area contributed by atoms with Crippen LogP contribution in [0.4, 0.5) is 17.2 Å². The van der Waals surface area contributed by atoms with Crippen LogP contribution in [0.5, 0.6) is 0 Å². The van der Waals surface area contributed by atoms with Gasteiger partial charge < -0.3 is 15.4 Å². The average Bonchev–Trinajstić information content (AvgIpc) is 2.70. The Balaban J connectivity index is 1.85. The minimum atomic E-state index is -0.429. The molecule has 1 amide bonds. The summed E-state index contributed by atoms with van der Waals surface area (Å²) in [6.07, 6.45) is 0.